The molecule has 1 heterocycles. The van der Waals surface area contributed by atoms with Crippen molar-refractivity contribution in [3.8, 4) is 0 Å². The standard InChI is InChI=1S/C17H18ClF3N4OS/c1-9(2)25-15(10-3-4-10)23-24-16(25)27-8-14(26)22-13-7-11(17(19,20)21)5-6-12(13)18/h5-7,9-10H,3-4,8H2,1-2H3,(H,22,26). The van der Waals surface area contributed by atoms with Gasteiger partial charge in [0.25, 0.3) is 0 Å². The predicted octanol–water partition coefficient (Wildman–Crippen LogP) is 5.14. The van der Waals surface area contributed by atoms with E-state index in [1.54, 1.807) is 0 Å². The van der Waals surface area contributed by atoms with Gasteiger partial charge in [-0.15, -0.1) is 10.2 Å². The van der Waals surface area contributed by atoms with E-state index in [1.165, 1.54) is 11.8 Å². The number of nitrogens with one attached hydrogen (secondary N) is 1. The molecule has 1 aromatic heterocycles. The number of benzene rings is 1. The highest BCUT2D eigenvalue weighted by atomic mass is 35.5. The summed E-state index contributed by atoms with van der Waals surface area (Å²) in [7, 11) is 0. The third-order valence-corrected chi connectivity index (χ3v) is 5.32. The molecule has 0 spiro atoms. The maximum atomic E-state index is 12.8. The smallest absolute Gasteiger partial charge is 0.324 e. The Balaban J connectivity index is 1.67. The predicted molar refractivity (Wildman–Crippen MR) is 98.2 cm³/mol. The molecule has 0 radical (unpaired) electrons. The highest BCUT2D eigenvalue weighted by Crippen LogP contribution is 2.41. The molecule has 1 aromatic carbocycles. The summed E-state index contributed by atoms with van der Waals surface area (Å²) in [6.07, 6.45) is -2.33. The SMILES string of the molecule is CC(C)n1c(SCC(=O)Nc2cc(C(F)(F)F)ccc2Cl)nnc1C1CC1. The van der Waals surface area contributed by atoms with E-state index in [4.69, 9.17) is 11.6 Å². The molecular formula is C17H18ClF3N4OS. The molecular weight excluding hydrogens is 401 g/mol. The van der Waals surface area contributed by atoms with E-state index >= 15 is 0 Å². The first-order valence-corrected chi connectivity index (χ1v) is 9.77. The van der Waals surface area contributed by atoms with E-state index in [9.17, 15) is 18.0 Å². The molecule has 1 N–H and O–H groups in total. The maximum absolute atomic E-state index is 12.8. The summed E-state index contributed by atoms with van der Waals surface area (Å²) in [6.45, 7) is 4.03. The van der Waals surface area contributed by atoms with E-state index in [0.29, 0.717) is 11.1 Å². The quantitative estimate of drug-likeness (QED) is 0.660. The fraction of sp³-hybridized carbons (Fsp3) is 0.471. The topological polar surface area (TPSA) is 59.8 Å². The summed E-state index contributed by atoms with van der Waals surface area (Å²) < 4.78 is 40.5. The lowest BCUT2D eigenvalue weighted by Gasteiger charge is -2.14. The zero-order valence-corrected chi connectivity index (χ0v) is 16.3. The molecule has 10 heteroatoms. The normalized spacial score (nSPS) is 14.6. The van der Waals surface area contributed by atoms with Gasteiger partial charge in [0.15, 0.2) is 5.16 Å². The van der Waals surface area contributed by atoms with Crippen LogP contribution in [0.3, 0.4) is 0 Å². The van der Waals surface area contributed by atoms with Crippen molar-refractivity contribution in [2.45, 2.75) is 50.0 Å². The molecule has 1 aliphatic rings. The van der Waals surface area contributed by atoms with Crippen molar-refractivity contribution in [1.29, 1.82) is 0 Å². The zero-order chi connectivity index (χ0) is 19.8. The summed E-state index contributed by atoms with van der Waals surface area (Å²) in [5.74, 6) is 0.871. The van der Waals surface area contributed by atoms with Crippen LogP contribution in [0.5, 0.6) is 0 Å². The Morgan fingerprint density at radius 2 is 2.07 bits per heavy atom. The second kappa shape index (κ2) is 7.71. The van der Waals surface area contributed by atoms with Gasteiger partial charge in [-0.05, 0) is 44.9 Å². The molecule has 0 saturated heterocycles. The second-order valence-electron chi connectivity index (χ2n) is 6.61. The minimum atomic E-state index is -4.51. The average Bonchev–Trinajstić information content (AvgIpc) is 3.33. The van der Waals surface area contributed by atoms with E-state index in [-0.39, 0.29) is 22.5 Å². The third kappa shape index (κ3) is 4.76. The molecule has 146 valence electrons. The summed E-state index contributed by atoms with van der Waals surface area (Å²) in [5.41, 5.74) is -0.940. The number of thioether (sulfide) groups is 1. The van der Waals surface area contributed by atoms with Gasteiger partial charge in [-0.1, -0.05) is 23.4 Å². The van der Waals surface area contributed by atoms with E-state index in [1.807, 2.05) is 18.4 Å². The first kappa shape index (κ1) is 20.0. The maximum Gasteiger partial charge on any atom is 0.416 e. The Hall–Kier alpha value is -1.74. The van der Waals surface area contributed by atoms with Crippen molar-refractivity contribution in [3.05, 3.63) is 34.6 Å². The van der Waals surface area contributed by atoms with Crippen molar-refractivity contribution in [3.63, 3.8) is 0 Å². The van der Waals surface area contributed by atoms with Crippen molar-refractivity contribution in [2.75, 3.05) is 11.1 Å². The summed E-state index contributed by atoms with van der Waals surface area (Å²) in [6, 6.07) is 2.97. The first-order chi connectivity index (χ1) is 12.7. The number of carbonyl (C=O) groups excluding carboxylic acids is 1. The van der Waals surface area contributed by atoms with Crippen LogP contribution in [0.25, 0.3) is 0 Å². The fourth-order valence-corrected chi connectivity index (χ4v) is 3.64. The highest BCUT2D eigenvalue weighted by Gasteiger charge is 2.32. The number of amides is 1. The van der Waals surface area contributed by atoms with Crippen LogP contribution in [0, 0.1) is 0 Å². The van der Waals surface area contributed by atoms with Crippen LogP contribution in [-0.2, 0) is 11.0 Å². The van der Waals surface area contributed by atoms with Crippen LogP contribution < -0.4 is 5.32 Å². The van der Waals surface area contributed by atoms with Crippen LogP contribution in [0.2, 0.25) is 5.02 Å². The van der Waals surface area contributed by atoms with Crippen LogP contribution in [0.4, 0.5) is 18.9 Å². The van der Waals surface area contributed by atoms with Gasteiger partial charge in [0, 0.05) is 12.0 Å². The Kier molecular flexibility index (Phi) is 5.71. The van der Waals surface area contributed by atoms with Gasteiger partial charge >= 0.3 is 6.18 Å². The molecule has 0 aliphatic heterocycles. The van der Waals surface area contributed by atoms with Gasteiger partial charge in [-0.3, -0.25) is 4.79 Å². The van der Waals surface area contributed by atoms with Gasteiger partial charge in [-0.2, -0.15) is 13.2 Å². The van der Waals surface area contributed by atoms with Crippen molar-refractivity contribution in [2.24, 2.45) is 0 Å². The molecule has 1 amide bonds. The van der Waals surface area contributed by atoms with E-state index < -0.39 is 17.6 Å². The minimum Gasteiger partial charge on any atom is -0.324 e. The number of halogens is 4. The van der Waals surface area contributed by atoms with Gasteiger partial charge in [0.1, 0.15) is 5.82 Å². The number of rotatable bonds is 6. The van der Waals surface area contributed by atoms with Crippen LogP contribution in [0.15, 0.2) is 23.4 Å². The molecule has 3 rings (SSSR count). The lowest BCUT2D eigenvalue weighted by Crippen LogP contribution is -2.16. The molecule has 27 heavy (non-hydrogen) atoms. The Morgan fingerprint density at radius 3 is 2.67 bits per heavy atom. The Bertz CT molecular complexity index is 849. The molecule has 0 bridgehead atoms. The molecule has 1 saturated carbocycles. The summed E-state index contributed by atoms with van der Waals surface area (Å²) in [5, 5.41) is 11.5. The molecule has 1 aliphatic carbocycles. The highest BCUT2D eigenvalue weighted by molar-refractivity contribution is 7.99. The number of anilines is 1. The van der Waals surface area contributed by atoms with Crippen LogP contribution in [0.1, 0.15) is 50.0 Å². The summed E-state index contributed by atoms with van der Waals surface area (Å²) >= 11 is 7.10. The molecule has 5 nitrogen and oxygen atoms in total. The lowest BCUT2D eigenvalue weighted by atomic mass is 10.2. The molecule has 2 aromatic rings. The largest absolute Gasteiger partial charge is 0.416 e. The Labute approximate surface area is 163 Å². The number of nitrogens with zero attached hydrogens (tertiary/aromatic N) is 3. The van der Waals surface area contributed by atoms with E-state index in [2.05, 4.69) is 15.5 Å². The minimum absolute atomic E-state index is 0.0118. The zero-order valence-electron chi connectivity index (χ0n) is 14.7. The molecule has 0 atom stereocenters. The fourth-order valence-electron chi connectivity index (χ4n) is 2.61. The number of hydrogen-bond donors (Lipinski definition) is 1. The summed E-state index contributed by atoms with van der Waals surface area (Å²) in [4.78, 5) is 12.2. The molecule has 1 fully saturated rings. The number of carbonyl (C=O) groups is 1. The van der Waals surface area contributed by atoms with Gasteiger partial charge in [0.2, 0.25) is 5.91 Å². The molecule has 0 unspecified atom stereocenters. The number of hydrogen-bond acceptors (Lipinski definition) is 4. The van der Waals surface area contributed by atoms with Crippen LogP contribution in [-0.4, -0.2) is 26.4 Å². The third-order valence-electron chi connectivity index (χ3n) is 4.05. The lowest BCUT2D eigenvalue weighted by molar-refractivity contribution is -0.137. The number of alkyl halides is 3. The van der Waals surface area contributed by atoms with Crippen molar-refractivity contribution >= 4 is 35.0 Å². The van der Waals surface area contributed by atoms with Crippen molar-refractivity contribution in [1.82, 2.24) is 14.8 Å². The first-order valence-electron chi connectivity index (χ1n) is 8.41. The van der Waals surface area contributed by atoms with E-state index in [0.717, 1.165) is 36.9 Å². The monoisotopic (exact) mass is 418 g/mol. The van der Waals surface area contributed by atoms with Gasteiger partial charge < -0.3 is 9.88 Å². The van der Waals surface area contributed by atoms with Crippen molar-refractivity contribution < 1.29 is 18.0 Å². The average molecular weight is 419 g/mol. The van der Waals surface area contributed by atoms with Gasteiger partial charge in [0.05, 0.1) is 22.0 Å². The van der Waals surface area contributed by atoms with Crippen LogP contribution >= 0.6 is 23.4 Å². The second-order valence-corrected chi connectivity index (χ2v) is 7.96. The number of aromatic nitrogens is 3. The van der Waals surface area contributed by atoms with Gasteiger partial charge in [-0.25, -0.2) is 0 Å². The Morgan fingerprint density at radius 1 is 1.37 bits per heavy atom.